The molecule has 0 fully saturated rings. The number of carbonyl (C=O) groups excluding carboxylic acids is 1. The van der Waals surface area contributed by atoms with E-state index in [1.54, 1.807) is 19.2 Å². The molecule has 0 bridgehead atoms. The molecule has 1 aliphatic rings. The molecule has 2 amide bonds. The van der Waals surface area contributed by atoms with Crippen LogP contribution in [0.3, 0.4) is 0 Å². The molecule has 0 spiro atoms. The third-order valence-electron chi connectivity index (χ3n) is 3.57. The number of urea groups is 1. The second-order valence-electron chi connectivity index (χ2n) is 5.12. The summed E-state index contributed by atoms with van der Waals surface area (Å²) >= 11 is 0. The number of ether oxygens (including phenoxy) is 2. The van der Waals surface area contributed by atoms with Gasteiger partial charge in [-0.25, -0.2) is 4.79 Å². The average molecular weight is 298 g/mol. The fraction of sp³-hybridized carbons (Fsp3) is 0.235. The van der Waals surface area contributed by atoms with E-state index in [4.69, 9.17) is 9.47 Å². The van der Waals surface area contributed by atoms with Gasteiger partial charge in [0.1, 0.15) is 18.1 Å². The van der Waals surface area contributed by atoms with Crippen molar-refractivity contribution >= 4 is 11.7 Å². The summed E-state index contributed by atoms with van der Waals surface area (Å²) in [5, 5.41) is 5.73. The molecule has 1 aliphatic heterocycles. The molecule has 2 aromatic carbocycles. The Hall–Kier alpha value is -2.69. The Labute approximate surface area is 129 Å². The highest BCUT2D eigenvalue weighted by Gasteiger charge is 2.21. The van der Waals surface area contributed by atoms with Crippen LogP contribution in [0.4, 0.5) is 10.5 Å². The Morgan fingerprint density at radius 1 is 1.18 bits per heavy atom. The Bertz CT molecular complexity index is 672. The van der Waals surface area contributed by atoms with Gasteiger partial charge in [0.25, 0.3) is 0 Å². The predicted octanol–water partition coefficient (Wildman–Crippen LogP) is 2.82. The quantitative estimate of drug-likeness (QED) is 0.916. The number of methoxy groups -OCH3 is 1. The van der Waals surface area contributed by atoms with Crippen molar-refractivity contribution < 1.29 is 14.3 Å². The van der Waals surface area contributed by atoms with Gasteiger partial charge >= 0.3 is 6.03 Å². The van der Waals surface area contributed by atoms with Gasteiger partial charge in [0.2, 0.25) is 0 Å². The van der Waals surface area contributed by atoms with Crippen molar-refractivity contribution in [3.05, 3.63) is 54.1 Å². The fourth-order valence-electron chi connectivity index (χ4n) is 2.51. The van der Waals surface area contributed by atoms with Crippen LogP contribution in [0.1, 0.15) is 5.56 Å². The molecular weight excluding hydrogens is 280 g/mol. The van der Waals surface area contributed by atoms with Crippen LogP contribution in [0.15, 0.2) is 48.5 Å². The first-order valence-electron chi connectivity index (χ1n) is 7.17. The van der Waals surface area contributed by atoms with Crippen LogP contribution < -0.4 is 20.1 Å². The van der Waals surface area contributed by atoms with E-state index in [1.165, 1.54) is 0 Å². The highest BCUT2D eigenvalue weighted by atomic mass is 16.5. The van der Waals surface area contributed by atoms with Gasteiger partial charge < -0.3 is 20.1 Å². The fourth-order valence-corrected chi connectivity index (χ4v) is 2.51. The van der Waals surface area contributed by atoms with E-state index in [0.29, 0.717) is 18.0 Å². The number of hydrogen-bond acceptors (Lipinski definition) is 3. The Morgan fingerprint density at radius 3 is 2.82 bits per heavy atom. The first-order valence-corrected chi connectivity index (χ1v) is 7.17. The summed E-state index contributed by atoms with van der Waals surface area (Å²) in [6.07, 6.45) is 0.759. The number of amides is 2. The summed E-state index contributed by atoms with van der Waals surface area (Å²) in [6, 6.07) is 14.9. The molecule has 2 N–H and O–H groups in total. The van der Waals surface area contributed by atoms with Gasteiger partial charge in [0.05, 0.1) is 18.8 Å². The number of anilines is 1. The van der Waals surface area contributed by atoms with Crippen LogP contribution in [-0.4, -0.2) is 25.8 Å². The third-order valence-corrected chi connectivity index (χ3v) is 3.57. The SMILES string of the molecule is COc1ccccc1NC(=O)N[C@H]1COc2ccccc2C1. The molecule has 0 aromatic heterocycles. The van der Waals surface area contributed by atoms with E-state index < -0.39 is 0 Å². The maximum atomic E-state index is 12.1. The van der Waals surface area contributed by atoms with Crippen LogP contribution >= 0.6 is 0 Å². The lowest BCUT2D eigenvalue weighted by atomic mass is 10.0. The summed E-state index contributed by atoms with van der Waals surface area (Å²) in [4.78, 5) is 12.1. The maximum absolute atomic E-state index is 12.1. The third kappa shape index (κ3) is 3.14. The van der Waals surface area contributed by atoms with Crippen molar-refractivity contribution in [3.8, 4) is 11.5 Å². The normalized spacial score (nSPS) is 16.1. The maximum Gasteiger partial charge on any atom is 0.319 e. The first kappa shape index (κ1) is 14.3. The van der Waals surface area contributed by atoms with Gasteiger partial charge in [-0.3, -0.25) is 0 Å². The monoisotopic (exact) mass is 298 g/mol. The Kier molecular flexibility index (Phi) is 4.14. The van der Waals surface area contributed by atoms with Crippen LogP contribution in [0, 0.1) is 0 Å². The van der Waals surface area contributed by atoms with E-state index in [2.05, 4.69) is 10.6 Å². The van der Waals surface area contributed by atoms with Gasteiger partial charge in [-0.2, -0.15) is 0 Å². The summed E-state index contributed by atoms with van der Waals surface area (Å²) in [6.45, 7) is 0.469. The lowest BCUT2D eigenvalue weighted by Gasteiger charge is -2.26. The molecule has 0 saturated heterocycles. The summed E-state index contributed by atoms with van der Waals surface area (Å²) < 4.78 is 10.9. The summed E-state index contributed by atoms with van der Waals surface area (Å²) in [5.41, 5.74) is 1.75. The number of nitrogens with one attached hydrogen (secondary N) is 2. The molecule has 0 radical (unpaired) electrons. The standard InChI is InChI=1S/C17H18N2O3/c1-21-16-9-5-3-7-14(16)19-17(20)18-13-10-12-6-2-4-8-15(12)22-11-13/h2-9,13H,10-11H2,1H3,(H2,18,19,20)/t13-/m1/s1. The molecule has 0 unspecified atom stereocenters. The van der Waals surface area contributed by atoms with Crippen LogP contribution in [0.25, 0.3) is 0 Å². The molecule has 1 atom stereocenters. The van der Waals surface area contributed by atoms with Crippen molar-refractivity contribution in [1.82, 2.24) is 5.32 Å². The Morgan fingerprint density at radius 2 is 1.95 bits per heavy atom. The summed E-state index contributed by atoms with van der Waals surface area (Å²) in [5.74, 6) is 1.52. The molecule has 3 rings (SSSR count). The molecule has 0 aliphatic carbocycles. The van der Waals surface area contributed by atoms with Gasteiger partial charge in [-0.05, 0) is 30.2 Å². The van der Waals surface area contributed by atoms with Crippen molar-refractivity contribution in [1.29, 1.82) is 0 Å². The van der Waals surface area contributed by atoms with E-state index in [9.17, 15) is 4.79 Å². The lowest BCUT2D eigenvalue weighted by molar-refractivity contribution is 0.222. The molecule has 22 heavy (non-hydrogen) atoms. The van der Waals surface area contributed by atoms with E-state index in [1.807, 2.05) is 36.4 Å². The highest BCUT2D eigenvalue weighted by Crippen LogP contribution is 2.25. The topological polar surface area (TPSA) is 59.6 Å². The lowest BCUT2D eigenvalue weighted by Crippen LogP contribution is -2.44. The minimum Gasteiger partial charge on any atom is -0.495 e. The van der Waals surface area contributed by atoms with Crippen molar-refractivity contribution in [2.75, 3.05) is 19.0 Å². The van der Waals surface area contributed by atoms with Gasteiger partial charge in [0, 0.05) is 0 Å². The van der Waals surface area contributed by atoms with E-state index >= 15 is 0 Å². The van der Waals surface area contributed by atoms with Crippen LogP contribution in [0.5, 0.6) is 11.5 Å². The largest absolute Gasteiger partial charge is 0.495 e. The number of carbonyl (C=O) groups is 1. The zero-order valence-corrected chi connectivity index (χ0v) is 12.3. The first-order chi connectivity index (χ1) is 10.8. The minimum atomic E-state index is -0.266. The van der Waals surface area contributed by atoms with Gasteiger partial charge in [-0.1, -0.05) is 30.3 Å². The predicted molar refractivity (Wildman–Crippen MR) is 84.6 cm³/mol. The second kappa shape index (κ2) is 6.39. The molecule has 5 heteroatoms. The van der Waals surface area contributed by atoms with E-state index in [-0.39, 0.29) is 12.1 Å². The number of para-hydroxylation sites is 3. The number of benzene rings is 2. The van der Waals surface area contributed by atoms with Crippen LogP contribution in [0.2, 0.25) is 0 Å². The van der Waals surface area contributed by atoms with Crippen molar-refractivity contribution in [3.63, 3.8) is 0 Å². The van der Waals surface area contributed by atoms with Crippen molar-refractivity contribution in [2.24, 2.45) is 0 Å². The average Bonchev–Trinajstić information content (AvgIpc) is 2.55. The molecule has 2 aromatic rings. The van der Waals surface area contributed by atoms with Gasteiger partial charge in [0.15, 0.2) is 0 Å². The summed E-state index contributed by atoms with van der Waals surface area (Å²) in [7, 11) is 1.57. The molecule has 114 valence electrons. The van der Waals surface area contributed by atoms with E-state index in [0.717, 1.165) is 17.7 Å². The van der Waals surface area contributed by atoms with Gasteiger partial charge in [-0.15, -0.1) is 0 Å². The number of hydrogen-bond donors (Lipinski definition) is 2. The zero-order valence-electron chi connectivity index (χ0n) is 12.3. The number of fused-ring (bicyclic) bond motifs is 1. The number of rotatable bonds is 3. The molecule has 1 heterocycles. The zero-order chi connectivity index (χ0) is 15.4. The second-order valence-corrected chi connectivity index (χ2v) is 5.12. The smallest absolute Gasteiger partial charge is 0.319 e. The minimum absolute atomic E-state index is 0.0513. The Balaban J connectivity index is 1.61. The molecular formula is C17H18N2O3. The highest BCUT2D eigenvalue weighted by molar-refractivity contribution is 5.91. The van der Waals surface area contributed by atoms with Crippen molar-refractivity contribution in [2.45, 2.75) is 12.5 Å². The molecule has 5 nitrogen and oxygen atoms in total. The van der Waals surface area contributed by atoms with Crippen LogP contribution in [-0.2, 0) is 6.42 Å². The molecule has 0 saturated carbocycles.